The predicted octanol–water partition coefficient (Wildman–Crippen LogP) is 4.09. The second-order valence-corrected chi connectivity index (χ2v) is 8.71. The molecule has 30 heavy (non-hydrogen) atoms. The summed E-state index contributed by atoms with van der Waals surface area (Å²) in [5.74, 6) is 0. The molecule has 0 aliphatic heterocycles. The topological polar surface area (TPSA) is 87.3 Å². The van der Waals surface area contributed by atoms with Crippen molar-refractivity contribution in [3.05, 3.63) is 96.1 Å². The molecule has 0 aliphatic carbocycles. The largest absolute Gasteiger partial charge is 0.331 e. The summed E-state index contributed by atoms with van der Waals surface area (Å²) < 4.78 is 26.2. The van der Waals surface area contributed by atoms with E-state index in [1.807, 2.05) is 48.5 Å². The van der Waals surface area contributed by atoms with E-state index in [1.165, 1.54) is 24.7 Å². The van der Waals surface area contributed by atoms with Crippen molar-refractivity contribution < 1.29 is 13.2 Å². The SMILES string of the molecule is CNS(=O)(=O)c1cccc(NC(=O)NC(CCc2ccccc2)c2ccccc2)c1. The van der Waals surface area contributed by atoms with Gasteiger partial charge in [-0.15, -0.1) is 0 Å². The Balaban J connectivity index is 1.71. The van der Waals surface area contributed by atoms with Crippen LogP contribution in [0.4, 0.5) is 10.5 Å². The fourth-order valence-electron chi connectivity index (χ4n) is 3.15. The van der Waals surface area contributed by atoms with Gasteiger partial charge in [-0.25, -0.2) is 17.9 Å². The van der Waals surface area contributed by atoms with Crippen LogP contribution in [0, 0.1) is 0 Å². The van der Waals surface area contributed by atoms with Gasteiger partial charge in [-0.2, -0.15) is 0 Å². The highest BCUT2D eigenvalue weighted by Gasteiger charge is 2.16. The molecule has 3 aromatic carbocycles. The number of rotatable bonds is 8. The van der Waals surface area contributed by atoms with Crippen molar-refractivity contribution in [2.24, 2.45) is 0 Å². The maximum absolute atomic E-state index is 12.7. The number of carbonyl (C=O) groups excluding carboxylic acids is 1. The Bertz CT molecular complexity index is 1070. The first-order chi connectivity index (χ1) is 14.5. The van der Waals surface area contributed by atoms with E-state index in [2.05, 4.69) is 27.5 Å². The third-order valence-corrected chi connectivity index (χ3v) is 6.15. The zero-order chi connectivity index (χ0) is 21.4. The maximum atomic E-state index is 12.7. The van der Waals surface area contributed by atoms with E-state index >= 15 is 0 Å². The summed E-state index contributed by atoms with van der Waals surface area (Å²) >= 11 is 0. The summed E-state index contributed by atoms with van der Waals surface area (Å²) in [6, 6.07) is 25.4. The second kappa shape index (κ2) is 10.0. The van der Waals surface area contributed by atoms with Crippen LogP contribution < -0.4 is 15.4 Å². The zero-order valence-electron chi connectivity index (χ0n) is 16.7. The molecule has 1 atom stereocenters. The Kier molecular flexibility index (Phi) is 7.21. The predicted molar refractivity (Wildman–Crippen MR) is 119 cm³/mol. The number of amides is 2. The number of anilines is 1. The number of benzene rings is 3. The van der Waals surface area contributed by atoms with E-state index < -0.39 is 16.1 Å². The maximum Gasteiger partial charge on any atom is 0.319 e. The van der Waals surface area contributed by atoms with Crippen molar-refractivity contribution >= 4 is 21.7 Å². The van der Waals surface area contributed by atoms with E-state index in [4.69, 9.17) is 0 Å². The molecule has 0 saturated heterocycles. The Morgan fingerprint density at radius 1 is 0.900 bits per heavy atom. The molecule has 7 heteroatoms. The van der Waals surface area contributed by atoms with E-state index in [1.54, 1.807) is 12.1 Å². The Morgan fingerprint density at radius 3 is 2.23 bits per heavy atom. The van der Waals surface area contributed by atoms with Crippen molar-refractivity contribution in [1.82, 2.24) is 10.0 Å². The summed E-state index contributed by atoms with van der Waals surface area (Å²) in [7, 11) is -2.24. The first-order valence-electron chi connectivity index (χ1n) is 9.68. The molecule has 3 aromatic rings. The average molecular weight is 424 g/mol. The highest BCUT2D eigenvalue weighted by Crippen LogP contribution is 2.20. The number of carbonyl (C=O) groups is 1. The molecule has 156 valence electrons. The molecule has 0 fully saturated rings. The number of aryl methyl sites for hydroxylation is 1. The van der Waals surface area contributed by atoms with Crippen LogP contribution in [0.2, 0.25) is 0 Å². The third kappa shape index (κ3) is 5.92. The number of nitrogens with one attached hydrogen (secondary N) is 3. The summed E-state index contributed by atoms with van der Waals surface area (Å²) in [5, 5.41) is 5.74. The number of sulfonamides is 1. The van der Waals surface area contributed by atoms with Gasteiger partial charge in [-0.05, 0) is 49.2 Å². The standard InChI is InChI=1S/C23H25N3O3S/c1-24-30(28,29)21-14-8-13-20(17-21)25-23(27)26-22(19-11-6-3-7-12-19)16-15-18-9-4-2-5-10-18/h2-14,17,22,24H,15-16H2,1H3,(H2,25,26,27). The Labute approximate surface area is 177 Å². The molecule has 2 amide bonds. The molecule has 0 radical (unpaired) electrons. The quantitative estimate of drug-likeness (QED) is 0.510. The van der Waals surface area contributed by atoms with E-state index in [9.17, 15) is 13.2 Å². The molecule has 6 nitrogen and oxygen atoms in total. The fraction of sp³-hybridized carbons (Fsp3) is 0.174. The summed E-state index contributed by atoms with van der Waals surface area (Å²) in [5.41, 5.74) is 2.61. The van der Waals surface area contributed by atoms with Gasteiger partial charge in [0.05, 0.1) is 10.9 Å². The lowest BCUT2D eigenvalue weighted by Crippen LogP contribution is -2.33. The van der Waals surface area contributed by atoms with E-state index in [0.717, 1.165) is 18.4 Å². The van der Waals surface area contributed by atoms with Crippen molar-refractivity contribution in [3.8, 4) is 0 Å². The number of urea groups is 1. The highest BCUT2D eigenvalue weighted by molar-refractivity contribution is 7.89. The lowest BCUT2D eigenvalue weighted by Gasteiger charge is -2.20. The monoisotopic (exact) mass is 423 g/mol. The normalized spacial score (nSPS) is 12.2. The van der Waals surface area contributed by atoms with Crippen molar-refractivity contribution in [1.29, 1.82) is 0 Å². The van der Waals surface area contributed by atoms with Gasteiger partial charge in [-0.1, -0.05) is 66.7 Å². The molecule has 1 unspecified atom stereocenters. The van der Waals surface area contributed by atoms with Crippen LogP contribution in [0.25, 0.3) is 0 Å². The van der Waals surface area contributed by atoms with E-state index in [0.29, 0.717) is 5.69 Å². The Hall–Kier alpha value is -3.16. The lowest BCUT2D eigenvalue weighted by molar-refractivity contribution is 0.248. The minimum Gasteiger partial charge on any atom is -0.331 e. The highest BCUT2D eigenvalue weighted by atomic mass is 32.2. The molecule has 0 spiro atoms. The third-order valence-electron chi connectivity index (χ3n) is 4.74. The molecular weight excluding hydrogens is 398 g/mol. The minimum atomic E-state index is -3.58. The average Bonchev–Trinajstić information content (AvgIpc) is 2.78. The molecule has 0 heterocycles. The van der Waals surface area contributed by atoms with Crippen LogP contribution >= 0.6 is 0 Å². The first kappa shape index (κ1) is 21.5. The van der Waals surface area contributed by atoms with Gasteiger partial charge in [0, 0.05) is 5.69 Å². The van der Waals surface area contributed by atoms with Crippen molar-refractivity contribution in [3.63, 3.8) is 0 Å². The van der Waals surface area contributed by atoms with Crippen LogP contribution in [0.1, 0.15) is 23.6 Å². The smallest absolute Gasteiger partial charge is 0.319 e. The zero-order valence-corrected chi connectivity index (χ0v) is 17.5. The van der Waals surface area contributed by atoms with Gasteiger partial charge < -0.3 is 10.6 Å². The van der Waals surface area contributed by atoms with Gasteiger partial charge >= 0.3 is 6.03 Å². The molecule has 0 aromatic heterocycles. The number of hydrogen-bond acceptors (Lipinski definition) is 3. The van der Waals surface area contributed by atoms with Gasteiger partial charge in [-0.3, -0.25) is 0 Å². The van der Waals surface area contributed by atoms with Crippen LogP contribution in [0.15, 0.2) is 89.8 Å². The van der Waals surface area contributed by atoms with Crippen LogP contribution in [0.3, 0.4) is 0 Å². The molecule has 3 rings (SSSR count). The fourth-order valence-corrected chi connectivity index (χ4v) is 3.92. The first-order valence-corrected chi connectivity index (χ1v) is 11.2. The van der Waals surface area contributed by atoms with Gasteiger partial charge in [0.25, 0.3) is 0 Å². The summed E-state index contributed by atoms with van der Waals surface area (Å²) in [6.07, 6.45) is 1.55. The summed E-state index contributed by atoms with van der Waals surface area (Å²) in [4.78, 5) is 12.7. The Morgan fingerprint density at radius 2 is 1.57 bits per heavy atom. The molecular formula is C23H25N3O3S. The van der Waals surface area contributed by atoms with Crippen LogP contribution in [-0.4, -0.2) is 21.5 Å². The minimum absolute atomic E-state index is 0.0893. The van der Waals surface area contributed by atoms with Gasteiger partial charge in [0.15, 0.2) is 0 Å². The van der Waals surface area contributed by atoms with Gasteiger partial charge in [0.2, 0.25) is 10.0 Å². The lowest BCUT2D eigenvalue weighted by atomic mass is 9.99. The summed E-state index contributed by atoms with van der Waals surface area (Å²) in [6.45, 7) is 0. The van der Waals surface area contributed by atoms with Crippen LogP contribution in [0.5, 0.6) is 0 Å². The van der Waals surface area contributed by atoms with Gasteiger partial charge in [0.1, 0.15) is 0 Å². The number of hydrogen-bond donors (Lipinski definition) is 3. The molecule has 0 saturated carbocycles. The molecule has 0 aliphatic rings. The van der Waals surface area contributed by atoms with Crippen molar-refractivity contribution in [2.45, 2.75) is 23.8 Å². The van der Waals surface area contributed by atoms with E-state index in [-0.39, 0.29) is 10.9 Å². The molecule has 0 bridgehead atoms. The second-order valence-electron chi connectivity index (χ2n) is 6.82. The van der Waals surface area contributed by atoms with Crippen LogP contribution in [-0.2, 0) is 16.4 Å². The molecule has 3 N–H and O–H groups in total. The van der Waals surface area contributed by atoms with Crippen molar-refractivity contribution in [2.75, 3.05) is 12.4 Å².